The number of halogens is 3. The molecule has 0 unspecified atom stereocenters. The normalized spacial score (nSPS) is 15.4. The Labute approximate surface area is 283 Å². The standard InChI is InChI=1S/C33H38Cl2FN9S/c1-18-32(46-19(2)41-18)31(28(44-38)17-39-21-8-10-45(11-9-21)33(3,4)5)43-23-12-24-29(42-22-6-7-27(36)25(34)13-22)20(15-37)16-40-30(24)26(35)14-23/h6-7,12-14,16-17,21,31,39,43-44H,8-11,38H2,1-5H3,(H,40,42)/b28-17-/t31-/m1/s1. The number of nitrogens with two attached hydrogens (primary N) is 1. The van der Waals surface area contributed by atoms with Gasteiger partial charge >= 0.3 is 0 Å². The number of fused-ring (bicyclic) bond motifs is 1. The summed E-state index contributed by atoms with van der Waals surface area (Å²) in [5.74, 6) is 5.63. The molecule has 0 spiro atoms. The predicted molar refractivity (Wildman–Crippen MR) is 187 cm³/mol. The third-order valence-electron chi connectivity index (χ3n) is 8.14. The smallest absolute Gasteiger partial charge is 0.141 e. The van der Waals surface area contributed by atoms with Crippen LogP contribution in [0, 0.1) is 31.0 Å². The first-order chi connectivity index (χ1) is 21.9. The number of piperidine rings is 1. The van der Waals surface area contributed by atoms with Crippen molar-refractivity contribution in [2.75, 3.05) is 23.7 Å². The summed E-state index contributed by atoms with van der Waals surface area (Å²) in [4.78, 5) is 12.6. The van der Waals surface area contributed by atoms with E-state index in [1.54, 1.807) is 23.5 Å². The highest BCUT2D eigenvalue weighted by molar-refractivity contribution is 7.11. The maximum absolute atomic E-state index is 13.9. The van der Waals surface area contributed by atoms with Crippen molar-refractivity contribution < 1.29 is 4.39 Å². The number of hydrazine groups is 1. The van der Waals surface area contributed by atoms with Gasteiger partial charge in [-0.25, -0.2) is 9.37 Å². The van der Waals surface area contributed by atoms with Crippen LogP contribution in [0.15, 0.2) is 48.4 Å². The molecule has 2 aromatic carbocycles. The number of pyridine rings is 1. The van der Waals surface area contributed by atoms with Crippen LogP contribution in [0.4, 0.5) is 21.5 Å². The van der Waals surface area contributed by atoms with Gasteiger partial charge in [0.25, 0.3) is 0 Å². The van der Waals surface area contributed by atoms with Crippen LogP contribution in [-0.2, 0) is 0 Å². The lowest BCUT2D eigenvalue weighted by Gasteiger charge is -2.41. The number of nitrogens with zero attached hydrogens (tertiary/aromatic N) is 4. The van der Waals surface area contributed by atoms with Gasteiger partial charge in [-0.05, 0) is 77.8 Å². The summed E-state index contributed by atoms with van der Waals surface area (Å²) in [6.07, 6.45) is 5.45. The Morgan fingerprint density at radius 3 is 2.48 bits per heavy atom. The van der Waals surface area contributed by atoms with Crippen molar-refractivity contribution >= 4 is 62.5 Å². The van der Waals surface area contributed by atoms with Gasteiger partial charge in [0.05, 0.1) is 48.1 Å². The van der Waals surface area contributed by atoms with Crippen molar-refractivity contribution in [2.45, 2.75) is 65.1 Å². The van der Waals surface area contributed by atoms with E-state index in [0.29, 0.717) is 39.0 Å². The lowest BCUT2D eigenvalue weighted by atomic mass is 9.98. The van der Waals surface area contributed by atoms with Crippen LogP contribution >= 0.6 is 34.5 Å². The van der Waals surface area contributed by atoms with E-state index in [0.717, 1.165) is 47.2 Å². The molecule has 0 aliphatic carbocycles. The molecular formula is C33H38Cl2FN9S. The first-order valence-corrected chi connectivity index (χ1v) is 16.6. The molecule has 1 aliphatic rings. The molecule has 0 radical (unpaired) electrons. The van der Waals surface area contributed by atoms with E-state index in [4.69, 9.17) is 29.0 Å². The van der Waals surface area contributed by atoms with Gasteiger partial charge in [-0.2, -0.15) is 5.26 Å². The number of thiazole rings is 1. The van der Waals surface area contributed by atoms with Gasteiger partial charge in [0, 0.05) is 53.8 Å². The van der Waals surface area contributed by atoms with Gasteiger partial charge in [-0.3, -0.25) is 15.7 Å². The number of nitrogens with one attached hydrogen (secondary N) is 4. The Balaban J connectivity index is 1.51. The molecule has 2 aromatic heterocycles. The van der Waals surface area contributed by atoms with Crippen LogP contribution < -0.4 is 27.2 Å². The van der Waals surface area contributed by atoms with Crippen molar-refractivity contribution in [2.24, 2.45) is 5.84 Å². The zero-order valence-corrected chi connectivity index (χ0v) is 28.8. The number of aromatic nitrogens is 2. The van der Waals surface area contributed by atoms with E-state index in [1.165, 1.54) is 18.3 Å². The lowest BCUT2D eigenvalue weighted by Crippen LogP contribution is -2.49. The molecule has 1 atom stereocenters. The number of anilines is 3. The number of hydrogen-bond acceptors (Lipinski definition) is 10. The highest BCUT2D eigenvalue weighted by Crippen LogP contribution is 2.38. The van der Waals surface area contributed by atoms with Crippen LogP contribution in [0.5, 0.6) is 0 Å². The summed E-state index contributed by atoms with van der Waals surface area (Å²) < 4.78 is 13.9. The maximum Gasteiger partial charge on any atom is 0.141 e. The van der Waals surface area contributed by atoms with Crippen LogP contribution in [0.25, 0.3) is 10.9 Å². The van der Waals surface area contributed by atoms with E-state index >= 15 is 0 Å². The molecule has 0 amide bonds. The summed E-state index contributed by atoms with van der Waals surface area (Å²) >= 11 is 14.4. The monoisotopic (exact) mass is 681 g/mol. The minimum absolute atomic E-state index is 0.0396. The minimum atomic E-state index is -0.538. The molecule has 1 fully saturated rings. The molecular weight excluding hydrogens is 644 g/mol. The van der Waals surface area contributed by atoms with Crippen LogP contribution in [0.2, 0.25) is 10.0 Å². The molecule has 0 bridgehead atoms. The van der Waals surface area contributed by atoms with Crippen molar-refractivity contribution in [1.29, 1.82) is 5.26 Å². The number of hydrogen-bond donors (Lipinski definition) is 5. The largest absolute Gasteiger partial charge is 0.387 e. The quantitative estimate of drug-likeness (QED) is 0.0893. The number of nitriles is 1. The minimum Gasteiger partial charge on any atom is -0.387 e. The maximum atomic E-state index is 13.9. The second-order valence-electron chi connectivity index (χ2n) is 12.4. The molecule has 242 valence electrons. The van der Waals surface area contributed by atoms with Gasteiger partial charge in [0.1, 0.15) is 17.9 Å². The zero-order valence-electron chi connectivity index (χ0n) is 26.4. The van der Waals surface area contributed by atoms with Crippen LogP contribution in [0.3, 0.4) is 0 Å². The fourth-order valence-corrected chi connectivity index (χ4v) is 7.13. The van der Waals surface area contributed by atoms with E-state index in [9.17, 15) is 9.65 Å². The third-order valence-corrected chi connectivity index (χ3v) is 9.86. The summed E-state index contributed by atoms with van der Waals surface area (Å²) in [6.45, 7) is 12.7. The molecule has 13 heteroatoms. The molecule has 3 heterocycles. The first kappa shape index (κ1) is 33.7. The number of rotatable bonds is 9. The third kappa shape index (κ3) is 7.48. The Morgan fingerprint density at radius 1 is 1.15 bits per heavy atom. The second-order valence-corrected chi connectivity index (χ2v) is 14.4. The molecule has 1 aliphatic heterocycles. The Kier molecular flexibility index (Phi) is 10.2. The van der Waals surface area contributed by atoms with Gasteiger partial charge in [0.2, 0.25) is 0 Å². The van der Waals surface area contributed by atoms with Crippen LogP contribution in [-0.4, -0.2) is 39.5 Å². The lowest BCUT2D eigenvalue weighted by molar-refractivity contribution is 0.0988. The van der Waals surface area contributed by atoms with Gasteiger partial charge in [0.15, 0.2) is 0 Å². The molecule has 9 nitrogen and oxygen atoms in total. The van der Waals surface area contributed by atoms with Crippen molar-refractivity contribution in [3.63, 3.8) is 0 Å². The molecule has 4 aromatic rings. The summed E-state index contributed by atoms with van der Waals surface area (Å²) in [5.41, 5.74) is 7.11. The Hall–Kier alpha value is -3.66. The Bertz CT molecular complexity index is 1800. The number of likely N-dealkylation sites (tertiary alicyclic amines) is 1. The highest BCUT2D eigenvalue weighted by Gasteiger charge is 2.28. The van der Waals surface area contributed by atoms with E-state index in [1.807, 2.05) is 26.1 Å². The molecule has 5 rings (SSSR count). The van der Waals surface area contributed by atoms with Crippen molar-refractivity contribution in [3.8, 4) is 6.07 Å². The molecule has 1 saturated heterocycles. The summed E-state index contributed by atoms with van der Waals surface area (Å²) in [6, 6.07) is 10.0. The van der Waals surface area contributed by atoms with Crippen LogP contribution in [0.1, 0.15) is 60.8 Å². The van der Waals surface area contributed by atoms with E-state index in [2.05, 4.69) is 63.1 Å². The van der Waals surface area contributed by atoms with E-state index in [-0.39, 0.29) is 16.1 Å². The number of benzene rings is 2. The fourth-order valence-electron chi connectivity index (χ4n) is 5.68. The Morgan fingerprint density at radius 2 is 1.87 bits per heavy atom. The van der Waals surface area contributed by atoms with Crippen molar-refractivity contribution in [1.82, 2.24) is 25.6 Å². The van der Waals surface area contributed by atoms with Crippen molar-refractivity contribution in [3.05, 3.63) is 85.4 Å². The predicted octanol–water partition coefficient (Wildman–Crippen LogP) is 7.68. The van der Waals surface area contributed by atoms with Gasteiger partial charge in [-0.1, -0.05) is 23.2 Å². The summed E-state index contributed by atoms with van der Waals surface area (Å²) in [7, 11) is 0. The molecule has 46 heavy (non-hydrogen) atoms. The summed E-state index contributed by atoms with van der Waals surface area (Å²) in [5, 5.41) is 22.2. The topological polar surface area (TPSA) is 127 Å². The van der Waals surface area contributed by atoms with E-state index < -0.39 is 11.9 Å². The average Bonchev–Trinajstić information content (AvgIpc) is 3.35. The number of aryl methyl sites for hydroxylation is 2. The van der Waals surface area contributed by atoms with Gasteiger partial charge < -0.3 is 21.4 Å². The second kappa shape index (κ2) is 14.0. The fraction of sp³-hybridized carbons (Fsp3) is 0.364. The first-order valence-electron chi connectivity index (χ1n) is 15.0. The average molecular weight is 683 g/mol. The zero-order chi connectivity index (χ0) is 33.2. The van der Waals surface area contributed by atoms with Gasteiger partial charge in [-0.15, -0.1) is 11.3 Å². The molecule has 0 saturated carbocycles. The highest BCUT2D eigenvalue weighted by atomic mass is 35.5. The SMILES string of the molecule is Cc1nc(C)c([C@H](Nc2cc(Cl)c3ncc(C#N)c(Nc4ccc(F)c(Cl)c4)c3c2)/C(=C/NC2CCN(C(C)(C)C)CC2)NN)s1. The molecule has 6 N–H and O–H groups in total.